The minimum Gasteiger partial charge on any atom is -0.495 e. The first-order chi connectivity index (χ1) is 8.92. The molecule has 0 saturated carbocycles. The maximum atomic E-state index is 12.2. The van der Waals surface area contributed by atoms with Gasteiger partial charge in [0.15, 0.2) is 0 Å². The Morgan fingerprint density at radius 1 is 1.37 bits per heavy atom. The van der Waals surface area contributed by atoms with Gasteiger partial charge >= 0.3 is 0 Å². The zero-order valence-corrected chi connectivity index (χ0v) is 12.4. The summed E-state index contributed by atoms with van der Waals surface area (Å²) in [5.74, 6) is 0.941. The van der Waals surface area contributed by atoms with Crippen molar-refractivity contribution in [3.05, 3.63) is 23.8 Å². The smallest absolute Gasteiger partial charge is 0.230 e. The molecule has 0 aliphatic carbocycles. The molecule has 0 heterocycles. The van der Waals surface area contributed by atoms with Crippen LogP contribution in [-0.2, 0) is 4.79 Å². The molecule has 1 aromatic rings. The minimum atomic E-state index is -0.195. The monoisotopic (exact) mass is 264 g/mol. The highest BCUT2D eigenvalue weighted by Gasteiger charge is 2.20. The molecule has 2 N–H and O–H groups in total. The lowest BCUT2D eigenvalue weighted by Crippen LogP contribution is -2.35. The molecule has 1 atom stereocenters. The molecule has 4 nitrogen and oxygen atoms in total. The van der Waals surface area contributed by atoms with Crippen molar-refractivity contribution in [1.29, 1.82) is 0 Å². The van der Waals surface area contributed by atoms with Crippen LogP contribution >= 0.6 is 0 Å². The summed E-state index contributed by atoms with van der Waals surface area (Å²) in [4.78, 5) is 13.8. The summed E-state index contributed by atoms with van der Waals surface area (Å²) in [6.07, 6.45) is 0. The average Bonchev–Trinajstić information content (AvgIpc) is 2.43. The Balaban J connectivity index is 3.09. The van der Waals surface area contributed by atoms with Crippen molar-refractivity contribution in [2.24, 2.45) is 11.7 Å². The van der Waals surface area contributed by atoms with Crippen LogP contribution in [0.15, 0.2) is 18.2 Å². The van der Waals surface area contributed by atoms with Gasteiger partial charge in [-0.3, -0.25) is 4.79 Å². The Kier molecular flexibility index (Phi) is 5.36. The van der Waals surface area contributed by atoms with Gasteiger partial charge in [-0.2, -0.15) is 0 Å². The van der Waals surface area contributed by atoms with Crippen molar-refractivity contribution in [3.8, 4) is 5.75 Å². The van der Waals surface area contributed by atoms with Crippen molar-refractivity contribution in [2.45, 2.75) is 26.7 Å². The Morgan fingerprint density at radius 3 is 2.47 bits per heavy atom. The van der Waals surface area contributed by atoms with Crippen LogP contribution < -0.4 is 15.4 Å². The van der Waals surface area contributed by atoms with E-state index in [1.165, 1.54) is 5.56 Å². The second-order valence-electron chi connectivity index (χ2n) is 5.12. The summed E-state index contributed by atoms with van der Waals surface area (Å²) in [5, 5.41) is 0. The van der Waals surface area contributed by atoms with Crippen LogP contribution in [0, 0.1) is 5.92 Å². The van der Waals surface area contributed by atoms with Crippen molar-refractivity contribution in [3.63, 3.8) is 0 Å². The molecule has 1 amide bonds. The highest BCUT2D eigenvalue weighted by atomic mass is 16.5. The molecule has 0 aliphatic rings. The van der Waals surface area contributed by atoms with Crippen LogP contribution in [0.3, 0.4) is 0 Å². The van der Waals surface area contributed by atoms with E-state index < -0.39 is 0 Å². The van der Waals surface area contributed by atoms with Crippen LogP contribution in [0.2, 0.25) is 0 Å². The predicted octanol–water partition coefficient (Wildman–Crippen LogP) is 2.38. The summed E-state index contributed by atoms with van der Waals surface area (Å²) in [7, 11) is 3.37. The highest BCUT2D eigenvalue weighted by Crippen LogP contribution is 2.31. The molecule has 0 fully saturated rings. The number of anilines is 1. The normalized spacial score (nSPS) is 12.4. The van der Waals surface area contributed by atoms with Crippen LogP contribution in [-0.4, -0.2) is 26.6 Å². The lowest BCUT2D eigenvalue weighted by atomic mass is 10.0. The van der Waals surface area contributed by atoms with Gasteiger partial charge in [-0.25, -0.2) is 0 Å². The molecule has 0 saturated heterocycles. The molecule has 0 aliphatic heterocycles. The summed E-state index contributed by atoms with van der Waals surface area (Å²) >= 11 is 0. The summed E-state index contributed by atoms with van der Waals surface area (Å²) in [6, 6.07) is 5.94. The molecule has 0 bridgehead atoms. The minimum absolute atomic E-state index is 0.00176. The molecule has 1 rings (SSSR count). The van der Waals surface area contributed by atoms with E-state index in [-0.39, 0.29) is 11.8 Å². The van der Waals surface area contributed by atoms with Crippen LogP contribution in [0.4, 0.5) is 5.69 Å². The number of carbonyl (C=O) groups is 1. The number of benzene rings is 1. The fraction of sp³-hybridized carbons (Fsp3) is 0.533. The van der Waals surface area contributed by atoms with Crippen molar-refractivity contribution in [2.75, 3.05) is 25.6 Å². The Morgan fingerprint density at radius 2 is 2.00 bits per heavy atom. The molecule has 106 valence electrons. The third kappa shape index (κ3) is 3.47. The molecule has 0 aromatic heterocycles. The zero-order chi connectivity index (χ0) is 14.6. The van der Waals surface area contributed by atoms with Gasteiger partial charge in [-0.1, -0.05) is 26.8 Å². The number of nitrogens with two attached hydrogens (primary N) is 1. The quantitative estimate of drug-likeness (QED) is 0.888. The molecule has 19 heavy (non-hydrogen) atoms. The third-order valence-electron chi connectivity index (χ3n) is 3.34. The molecular weight excluding hydrogens is 240 g/mol. The molecule has 1 aromatic carbocycles. The maximum absolute atomic E-state index is 12.2. The first-order valence-corrected chi connectivity index (χ1v) is 6.57. The summed E-state index contributed by atoms with van der Waals surface area (Å²) in [5.41, 5.74) is 7.51. The number of methoxy groups -OCH3 is 1. The number of amides is 1. The second-order valence-corrected chi connectivity index (χ2v) is 5.12. The second kappa shape index (κ2) is 6.57. The van der Waals surface area contributed by atoms with Gasteiger partial charge in [-0.05, 0) is 23.6 Å². The van der Waals surface area contributed by atoms with Gasteiger partial charge in [-0.15, -0.1) is 0 Å². The van der Waals surface area contributed by atoms with E-state index in [1.807, 2.05) is 25.1 Å². The zero-order valence-electron chi connectivity index (χ0n) is 12.4. The predicted molar refractivity (Wildman–Crippen MR) is 78.7 cm³/mol. The number of hydrogen-bond acceptors (Lipinski definition) is 3. The van der Waals surface area contributed by atoms with Crippen LogP contribution in [0.5, 0.6) is 5.75 Å². The van der Waals surface area contributed by atoms with E-state index in [2.05, 4.69) is 13.8 Å². The molecule has 4 heteroatoms. The topological polar surface area (TPSA) is 55.6 Å². The van der Waals surface area contributed by atoms with E-state index in [0.717, 1.165) is 5.69 Å². The first-order valence-electron chi connectivity index (χ1n) is 6.57. The number of carbonyl (C=O) groups excluding carboxylic acids is 1. The highest BCUT2D eigenvalue weighted by molar-refractivity contribution is 5.95. The van der Waals surface area contributed by atoms with E-state index in [0.29, 0.717) is 18.2 Å². The van der Waals surface area contributed by atoms with Gasteiger partial charge in [0, 0.05) is 19.5 Å². The van der Waals surface area contributed by atoms with Gasteiger partial charge in [0.1, 0.15) is 5.75 Å². The summed E-state index contributed by atoms with van der Waals surface area (Å²) < 4.78 is 5.40. The van der Waals surface area contributed by atoms with Crippen molar-refractivity contribution >= 4 is 11.6 Å². The van der Waals surface area contributed by atoms with Gasteiger partial charge in [0.25, 0.3) is 0 Å². The van der Waals surface area contributed by atoms with Gasteiger partial charge in [0.2, 0.25) is 5.91 Å². The Hall–Kier alpha value is -1.55. The first kappa shape index (κ1) is 15.5. The molecule has 1 unspecified atom stereocenters. The maximum Gasteiger partial charge on any atom is 0.230 e. The van der Waals surface area contributed by atoms with Crippen LogP contribution in [0.1, 0.15) is 32.3 Å². The molecule has 0 spiro atoms. The SMILES string of the molecule is COc1cc(C(C)C)ccc1N(C)C(=O)C(C)CN. The average molecular weight is 264 g/mol. The number of nitrogens with zero attached hydrogens (tertiary/aromatic N) is 1. The third-order valence-corrected chi connectivity index (χ3v) is 3.34. The standard InChI is InChI=1S/C15H24N2O2/c1-10(2)12-6-7-13(14(8-12)19-5)17(4)15(18)11(3)9-16/h6-8,10-11H,9,16H2,1-5H3. The van der Waals surface area contributed by atoms with Crippen LogP contribution in [0.25, 0.3) is 0 Å². The fourth-order valence-electron chi connectivity index (χ4n) is 1.88. The Labute approximate surface area is 115 Å². The Bertz CT molecular complexity index is 444. The molecule has 0 radical (unpaired) electrons. The number of ether oxygens (including phenoxy) is 1. The summed E-state index contributed by atoms with van der Waals surface area (Å²) in [6.45, 7) is 6.42. The number of rotatable bonds is 5. The van der Waals surface area contributed by atoms with E-state index in [9.17, 15) is 4.79 Å². The van der Waals surface area contributed by atoms with Gasteiger partial charge < -0.3 is 15.4 Å². The lowest BCUT2D eigenvalue weighted by molar-refractivity contribution is -0.121. The van der Waals surface area contributed by atoms with Crippen molar-refractivity contribution < 1.29 is 9.53 Å². The van der Waals surface area contributed by atoms with Crippen molar-refractivity contribution in [1.82, 2.24) is 0 Å². The van der Waals surface area contributed by atoms with Gasteiger partial charge in [0.05, 0.1) is 12.8 Å². The lowest BCUT2D eigenvalue weighted by Gasteiger charge is -2.23. The van der Waals surface area contributed by atoms with E-state index in [1.54, 1.807) is 19.1 Å². The number of hydrogen-bond donors (Lipinski definition) is 1. The fourth-order valence-corrected chi connectivity index (χ4v) is 1.88. The van der Waals surface area contributed by atoms with E-state index >= 15 is 0 Å². The molecular formula is C15H24N2O2. The van der Waals surface area contributed by atoms with E-state index in [4.69, 9.17) is 10.5 Å². The largest absolute Gasteiger partial charge is 0.495 e.